The molecule has 0 radical (unpaired) electrons. The molecule has 0 aliphatic rings. The number of hydrogen-bond donors (Lipinski definition) is 2. The Morgan fingerprint density at radius 2 is 0.719 bits per heavy atom. The van der Waals surface area contributed by atoms with E-state index in [0.717, 1.165) is 77.0 Å². The van der Waals surface area contributed by atoms with Gasteiger partial charge in [0.2, 0.25) is 0 Å². The van der Waals surface area contributed by atoms with Gasteiger partial charge in [-0.1, -0.05) is 213 Å². The van der Waals surface area contributed by atoms with E-state index in [2.05, 4.69) is 32.9 Å². The maximum Gasteiger partial charge on any atom is 0.472 e. The molecule has 0 rings (SSSR count). The first-order valence-corrected chi connectivity index (χ1v) is 28.1. The predicted octanol–water partition coefficient (Wildman–Crippen LogP) is 14.9. The number of phosphoric acid groups is 1. The van der Waals surface area contributed by atoms with Gasteiger partial charge in [0.15, 0.2) is 6.10 Å². The zero-order chi connectivity index (χ0) is 47.0. The quantitative estimate of drug-likeness (QED) is 0.0197. The van der Waals surface area contributed by atoms with E-state index >= 15 is 0 Å². The van der Waals surface area contributed by atoms with E-state index in [9.17, 15) is 28.9 Å². The summed E-state index contributed by atoms with van der Waals surface area (Å²) in [5.41, 5.74) is 0. The number of carbonyl (C=O) groups is 3. The number of carbonyl (C=O) groups excluding carboxylic acids is 3. The van der Waals surface area contributed by atoms with Crippen molar-refractivity contribution in [2.45, 2.75) is 277 Å². The third-order valence-electron chi connectivity index (χ3n) is 11.7. The lowest BCUT2D eigenvalue weighted by molar-refractivity contribution is -0.161. The van der Waals surface area contributed by atoms with Crippen LogP contribution in [0.25, 0.3) is 0 Å². The summed E-state index contributed by atoms with van der Waals surface area (Å²) in [6.45, 7) is 4.63. The molecule has 64 heavy (non-hydrogen) atoms. The van der Waals surface area contributed by atoms with Gasteiger partial charge in [0.05, 0.1) is 19.8 Å². The molecule has 2 N–H and O–H groups in total. The van der Waals surface area contributed by atoms with Crippen LogP contribution in [0.2, 0.25) is 0 Å². The molecular weight excluding hydrogens is 832 g/mol. The second-order valence-corrected chi connectivity index (χ2v) is 19.5. The summed E-state index contributed by atoms with van der Waals surface area (Å²) >= 11 is 0. The summed E-state index contributed by atoms with van der Waals surface area (Å²) in [5, 5.41) is 9.74. The average molecular weight is 931 g/mol. The SMILES string of the molecule is CCCCCCCC/C=C\CCCCCCCC(=O)OC(COC(=O)CCCCCCCCCCCCCCC)COP(=O)(O)OCC(CO)OC(=O)CCCCCCCCCCC. The molecule has 3 unspecified atom stereocenters. The van der Waals surface area contributed by atoms with Gasteiger partial charge in [-0.25, -0.2) is 4.57 Å². The Bertz CT molecular complexity index is 1130. The van der Waals surface area contributed by atoms with E-state index < -0.39 is 57.8 Å². The van der Waals surface area contributed by atoms with Crippen LogP contribution in [0, 0.1) is 0 Å². The average Bonchev–Trinajstić information content (AvgIpc) is 3.28. The van der Waals surface area contributed by atoms with Crippen LogP contribution in [-0.2, 0) is 42.2 Å². The maximum atomic E-state index is 12.8. The van der Waals surface area contributed by atoms with E-state index in [0.29, 0.717) is 19.3 Å². The standard InChI is InChI=1S/C52H99O11P/c1-4-7-10-13-16-19-21-23-24-26-28-31-34-37-40-43-52(56)63-49(45-59-50(54)41-38-35-32-30-27-25-22-20-17-14-11-8-5-2)47-61-64(57,58)60-46-48(44-53)62-51(55)42-39-36-33-29-18-15-12-9-6-3/h23-24,48-49,53H,4-22,25-47H2,1-3H3,(H,57,58)/b24-23-. The van der Waals surface area contributed by atoms with E-state index in [1.54, 1.807) is 0 Å². The molecule has 3 atom stereocenters. The molecule has 11 nitrogen and oxygen atoms in total. The van der Waals surface area contributed by atoms with Crippen molar-refractivity contribution >= 4 is 25.7 Å². The summed E-state index contributed by atoms with van der Waals surface area (Å²) in [4.78, 5) is 48.2. The first kappa shape index (κ1) is 62.2. The molecule has 12 heteroatoms. The first-order valence-electron chi connectivity index (χ1n) is 26.6. The number of phosphoric ester groups is 1. The maximum absolute atomic E-state index is 12.8. The molecule has 0 amide bonds. The minimum atomic E-state index is -4.73. The van der Waals surface area contributed by atoms with Gasteiger partial charge in [-0.2, -0.15) is 0 Å². The molecule has 0 aromatic heterocycles. The van der Waals surface area contributed by atoms with Gasteiger partial charge in [0.1, 0.15) is 12.7 Å². The third kappa shape index (κ3) is 45.4. The van der Waals surface area contributed by atoms with Crippen molar-refractivity contribution in [1.29, 1.82) is 0 Å². The topological polar surface area (TPSA) is 155 Å². The second-order valence-electron chi connectivity index (χ2n) is 18.1. The number of ether oxygens (including phenoxy) is 3. The monoisotopic (exact) mass is 931 g/mol. The number of hydrogen-bond acceptors (Lipinski definition) is 10. The molecule has 0 heterocycles. The zero-order valence-electron chi connectivity index (χ0n) is 41.5. The number of unbranched alkanes of at least 4 members (excludes halogenated alkanes) is 31. The summed E-state index contributed by atoms with van der Waals surface area (Å²) in [7, 11) is -4.73. The third-order valence-corrected chi connectivity index (χ3v) is 12.6. The highest BCUT2D eigenvalue weighted by atomic mass is 31.2. The molecule has 0 aromatic rings. The summed E-state index contributed by atoms with van der Waals surface area (Å²) in [6.07, 6.45) is 43.2. The predicted molar refractivity (Wildman–Crippen MR) is 261 cm³/mol. The molecular formula is C52H99O11P. The van der Waals surface area contributed by atoms with Crippen molar-refractivity contribution in [1.82, 2.24) is 0 Å². The Hall–Kier alpha value is -1.78. The molecule has 0 bridgehead atoms. The van der Waals surface area contributed by atoms with Crippen LogP contribution in [0.3, 0.4) is 0 Å². The normalized spacial score (nSPS) is 13.5. The zero-order valence-corrected chi connectivity index (χ0v) is 42.4. The van der Waals surface area contributed by atoms with E-state index in [1.807, 2.05) is 0 Å². The van der Waals surface area contributed by atoms with Crippen LogP contribution >= 0.6 is 7.82 Å². The largest absolute Gasteiger partial charge is 0.472 e. The van der Waals surface area contributed by atoms with Gasteiger partial charge in [-0.15, -0.1) is 0 Å². The van der Waals surface area contributed by atoms with Crippen molar-refractivity contribution in [3.63, 3.8) is 0 Å². The molecule has 0 saturated carbocycles. The lowest BCUT2D eigenvalue weighted by atomic mass is 10.0. The fraction of sp³-hybridized carbons (Fsp3) is 0.904. The highest BCUT2D eigenvalue weighted by Gasteiger charge is 2.28. The van der Waals surface area contributed by atoms with Crippen molar-refractivity contribution in [2.75, 3.05) is 26.4 Å². The van der Waals surface area contributed by atoms with Crippen LogP contribution in [0.5, 0.6) is 0 Å². The highest BCUT2D eigenvalue weighted by Crippen LogP contribution is 2.43. The van der Waals surface area contributed by atoms with E-state index in [-0.39, 0.29) is 25.9 Å². The van der Waals surface area contributed by atoms with Gasteiger partial charge in [-0.3, -0.25) is 23.4 Å². The van der Waals surface area contributed by atoms with E-state index in [4.69, 9.17) is 23.3 Å². The number of allylic oxidation sites excluding steroid dienone is 2. The molecule has 378 valence electrons. The van der Waals surface area contributed by atoms with Gasteiger partial charge < -0.3 is 24.2 Å². The highest BCUT2D eigenvalue weighted by molar-refractivity contribution is 7.47. The Labute approximate surface area is 392 Å². The van der Waals surface area contributed by atoms with Crippen LogP contribution in [0.4, 0.5) is 0 Å². The number of aliphatic hydroxyl groups is 1. The molecule has 0 aromatic carbocycles. The fourth-order valence-electron chi connectivity index (χ4n) is 7.59. The van der Waals surface area contributed by atoms with Crippen molar-refractivity contribution in [2.24, 2.45) is 0 Å². The van der Waals surface area contributed by atoms with Crippen molar-refractivity contribution in [3.05, 3.63) is 12.2 Å². The van der Waals surface area contributed by atoms with Crippen molar-refractivity contribution < 1.29 is 52.2 Å². The number of aliphatic hydroxyl groups excluding tert-OH is 1. The molecule has 0 saturated heterocycles. The Balaban J connectivity index is 4.72. The molecule has 0 aliphatic heterocycles. The van der Waals surface area contributed by atoms with Gasteiger partial charge in [0.25, 0.3) is 0 Å². The Kier molecular flexibility index (Phi) is 46.4. The number of rotatable bonds is 50. The summed E-state index contributed by atoms with van der Waals surface area (Å²) in [5.74, 6) is -1.45. The van der Waals surface area contributed by atoms with Crippen molar-refractivity contribution in [3.8, 4) is 0 Å². The lowest BCUT2D eigenvalue weighted by Gasteiger charge is -2.21. The summed E-state index contributed by atoms with van der Waals surface area (Å²) in [6, 6.07) is 0. The molecule has 0 spiro atoms. The van der Waals surface area contributed by atoms with Crippen LogP contribution < -0.4 is 0 Å². The molecule has 0 aliphatic carbocycles. The molecule has 0 fully saturated rings. The van der Waals surface area contributed by atoms with Gasteiger partial charge in [-0.05, 0) is 44.9 Å². The minimum Gasteiger partial charge on any atom is -0.462 e. The smallest absolute Gasteiger partial charge is 0.462 e. The Morgan fingerprint density at radius 1 is 0.422 bits per heavy atom. The van der Waals surface area contributed by atoms with Crippen LogP contribution in [0.1, 0.15) is 265 Å². The first-order chi connectivity index (χ1) is 31.2. The number of esters is 3. The minimum absolute atomic E-state index is 0.164. The Morgan fingerprint density at radius 3 is 1.08 bits per heavy atom. The van der Waals surface area contributed by atoms with Gasteiger partial charge >= 0.3 is 25.7 Å². The summed E-state index contributed by atoms with van der Waals surface area (Å²) < 4.78 is 39.3. The fourth-order valence-corrected chi connectivity index (χ4v) is 8.37. The second kappa shape index (κ2) is 47.7. The lowest BCUT2D eigenvalue weighted by Crippen LogP contribution is -2.30. The van der Waals surface area contributed by atoms with Crippen LogP contribution in [-0.4, -0.2) is 66.5 Å². The van der Waals surface area contributed by atoms with Crippen LogP contribution in [0.15, 0.2) is 12.2 Å². The van der Waals surface area contributed by atoms with Gasteiger partial charge in [0, 0.05) is 19.3 Å². The van der Waals surface area contributed by atoms with E-state index in [1.165, 1.54) is 128 Å².